The highest BCUT2D eigenvalue weighted by molar-refractivity contribution is 5.55. The number of nitro benzene ring substituents is 1. The Hall–Kier alpha value is -1.65. The van der Waals surface area contributed by atoms with E-state index in [-0.39, 0.29) is 5.69 Å². The molecule has 1 fully saturated rings. The van der Waals surface area contributed by atoms with Crippen molar-refractivity contribution < 1.29 is 9.31 Å². The zero-order valence-electron chi connectivity index (χ0n) is 11.3. The van der Waals surface area contributed by atoms with Crippen molar-refractivity contribution in [1.82, 2.24) is 0 Å². The quantitative estimate of drug-likeness (QED) is 0.582. The number of hydrogen-bond donors (Lipinski definition) is 0. The predicted octanol–water partition coefficient (Wildman–Crippen LogP) is 3.75. The highest BCUT2D eigenvalue weighted by Crippen LogP contribution is 2.34. The van der Waals surface area contributed by atoms with Gasteiger partial charge >= 0.3 is 0 Å². The summed E-state index contributed by atoms with van der Waals surface area (Å²) in [6.07, 6.45) is 3.17. The molecule has 0 spiro atoms. The average Bonchev–Trinajstić information content (AvgIpc) is 3.12. The molecule has 0 amide bonds. The third-order valence-corrected chi connectivity index (χ3v) is 3.34. The molecule has 0 aromatic heterocycles. The van der Waals surface area contributed by atoms with E-state index in [1.165, 1.54) is 12.1 Å². The fraction of sp³-hybridized carbons (Fsp3) is 0.571. The third-order valence-electron chi connectivity index (χ3n) is 3.34. The maximum absolute atomic E-state index is 13.5. The molecule has 2 rings (SSSR count). The van der Waals surface area contributed by atoms with Crippen LogP contribution in [0.25, 0.3) is 0 Å². The number of nitrogens with zero attached hydrogens (tertiary/aromatic N) is 2. The number of rotatable bonds is 6. The summed E-state index contributed by atoms with van der Waals surface area (Å²) in [5.41, 5.74) is 0.458. The number of nitro groups is 1. The second kappa shape index (κ2) is 5.55. The monoisotopic (exact) mass is 266 g/mol. The lowest BCUT2D eigenvalue weighted by Crippen LogP contribution is -2.27. The van der Waals surface area contributed by atoms with E-state index >= 15 is 0 Å². The van der Waals surface area contributed by atoms with Gasteiger partial charge in [-0.3, -0.25) is 10.1 Å². The highest BCUT2D eigenvalue weighted by atomic mass is 19.1. The van der Waals surface area contributed by atoms with Gasteiger partial charge in [-0.1, -0.05) is 13.8 Å². The number of halogens is 1. The maximum Gasteiger partial charge on any atom is 0.274 e. The lowest BCUT2D eigenvalue weighted by Gasteiger charge is -2.25. The van der Waals surface area contributed by atoms with Crippen molar-refractivity contribution in [1.29, 1.82) is 0 Å². The summed E-state index contributed by atoms with van der Waals surface area (Å²) in [6, 6.07) is 4.25. The summed E-state index contributed by atoms with van der Waals surface area (Å²) in [4.78, 5) is 12.4. The molecule has 1 aromatic carbocycles. The first-order valence-corrected chi connectivity index (χ1v) is 6.69. The standard InChI is InChI=1S/C14H19FN2O2/c1-10(2)5-6-16(12-3-4-12)13-7-11(15)8-14(9-13)17(18)19/h7-10,12H,3-6H2,1-2H3. The smallest absolute Gasteiger partial charge is 0.274 e. The molecule has 0 aliphatic heterocycles. The Bertz CT molecular complexity index is 473. The molecule has 0 atom stereocenters. The van der Waals surface area contributed by atoms with Gasteiger partial charge in [0.05, 0.1) is 11.0 Å². The summed E-state index contributed by atoms with van der Waals surface area (Å²) in [5, 5.41) is 10.8. The van der Waals surface area contributed by atoms with Gasteiger partial charge in [-0.25, -0.2) is 4.39 Å². The Morgan fingerprint density at radius 1 is 1.42 bits per heavy atom. The Morgan fingerprint density at radius 3 is 2.63 bits per heavy atom. The van der Waals surface area contributed by atoms with Gasteiger partial charge in [0.25, 0.3) is 5.69 Å². The molecule has 19 heavy (non-hydrogen) atoms. The van der Waals surface area contributed by atoms with Crippen molar-refractivity contribution in [3.05, 3.63) is 34.1 Å². The third kappa shape index (κ3) is 3.66. The van der Waals surface area contributed by atoms with Crippen LogP contribution in [0.3, 0.4) is 0 Å². The second-order valence-corrected chi connectivity index (χ2v) is 5.53. The largest absolute Gasteiger partial charge is 0.368 e. The number of anilines is 1. The van der Waals surface area contributed by atoms with Gasteiger partial charge in [0.2, 0.25) is 0 Å². The van der Waals surface area contributed by atoms with Crippen LogP contribution in [-0.2, 0) is 0 Å². The van der Waals surface area contributed by atoms with Gasteiger partial charge in [0, 0.05) is 24.3 Å². The van der Waals surface area contributed by atoms with Crippen LogP contribution < -0.4 is 4.90 Å². The molecule has 4 nitrogen and oxygen atoms in total. The van der Waals surface area contributed by atoms with E-state index in [4.69, 9.17) is 0 Å². The molecule has 1 saturated carbocycles. The molecule has 0 saturated heterocycles. The molecule has 0 N–H and O–H groups in total. The Labute approximate surface area is 112 Å². The van der Waals surface area contributed by atoms with Gasteiger partial charge < -0.3 is 4.90 Å². The lowest BCUT2D eigenvalue weighted by molar-refractivity contribution is -0.385. The fourth-order valence-corrected chi connectivity index (χ4v) is 2.14. The van der Waals surface area contributed by atoms with E-state index in [1.807, 2.05) is 0 Å². The minimum absolute atomic E-state index is 0.176. The number of benzene rings is 1. The van der Waals surface area contributed by atoms with E-state index in [9.17, 15) is 14.5 Å². The van der Waals surface area contributed by atoms with Crippen LogP contribution in [0.15, 0.2) is 18.2 Å². The zero-order chi connectivity index (χ0) is 14.0. The van der Waals surface area contributed by atoms with Gasteiger partial charge in [0.15, 0.2) is 0 Å². The maximum atomic E-state index is 13.5. The van der Waals surface area contributed by atoms with Crippen LogP contribution in [0.5, 0.6) is 0 Å². The van der Waals surface area contributed by atoms with Gasteiger partial charge in [-0.15, -0.1) is 0 Å². The van der Waals surface area contributed by atoms with E-state index in [0.29, 0.717) is 17.6 Å². The molecular formula is C14H19FN2O2. The Morgan fingerprint density at radius 2 is 2.11 bits per heavy atom. The van der Waals surface area contributed by atoms with Crippen LogP contribution in [0, 0.1) is 21.8 Å². The van der Waals surface area contributed by atoms with E-state index in [0.717, 1.165) is 31.9 Å². The van der Waals surface area contributed by atoms with Gasteiger partial charge in [-0.05, 0) is 31.2 Å². The lowest BCUT2D eigenvalue weighted by atomic mass is 10.1. The van der Waals surface area contributed by atoms with Crippen LogP contribution in [0.1, 0.15) is 33.1 Å². The first-order valence-electron chi connectivity index (χ1n) is 6.69. The first kappa shape index (κ1) is 13.8. The van der Waals surface area contributed by atoms with Crippen LogP contribution in [-0.4, -0.2) is 17.5 Å². The SMILES string of the molecule is CC(C)CCN(c1cc(F)cc([N+](=O)[O-])c1)C1CC1. The Kier molecular flexibility index (Phi) is 4.02. The fourth-order valence-electron chi connectivity index (χ4n) is 2.14. The van der Waals surface area contributed by atoms with E-state index in [2.05, 4.69) is 18.7 Å². The van der Waals surface area contributed by atoms with Crippen molar-refractivity contribution in [3.8, 4) is 0 Å². The van der Waals surface area contributed by atoms with Crippen LogP contribution in [0.2, 0.25) is 0 Å². The van der Waals surface area contributed by atoms with Gasteiger partial charge in [-0.2, -0.15) is 0 Å². The predicted molar refractivity (Wildman–Crippen MR) is 72.9 cm³/mol. The molecule has 0 unspecified atom stereocenters. The molecule has 0 radical (unpaired) electrons. The molecule has 1 aromatic rings. The van der Waals surface area contributed by atoms with Crippen molar-refractivity contribution >= 4 is 11.4 Å². The zero-order valence-corrected chi connectivity index (χ0v) is 11.3. The van der Waals surface area contributed by atoms with Crippen molar-refractivity contribution in [3.63, 3.8) is 0 Å². The topological polar surface area (TPSA) is 46.4 Å². The minimum Gasteiger partial charge on any atom is -0.368 e. The molecule has 1 aliphatic carbocycles. The second-order valence-electron chi connectivity index (χ2n) is 5.53. The summed E-state index contributed by atoms with van der Waals surface area (Å²) < 4.78 is 13.5. The molecule has 0 bridgehead atoms. The van der Waals surface area contributed by atoms with Gasteiger partial charge in [0.1, 0.15) is 5.82 Å². The van der Waals surface area contributed by atoms with Crippen LogP contribution >= 0.6 is 0 Å². The summed E-state index contributed by atoms with van der Waals surface area (Å²) in [7, 11) is 0. The number of non-ortho nitro benzene ring substituents is 1. The summed E-state index contributed by atoms with van der Waals surface area (Å²) >= 11 is 0. The van der Waals surface area contributed by atoms with Crippen LogP contribution in [0.4, 0.5) is 15.8 Å². The molecular weight excluding hydrogens is 247 g/mol. The summed E-state index contributed by atoms with van der Waals surface area (Å²) in [5.74, 6) is 0.0178. The van der Waals surface area contributed by atoms with E-state index in [1.54, 1.807) is 0 Å². The van der Waals surface area contributed by atoms with Crippen molar-refractivity contribution in [2.45, 2.75) is 39.2 Å². The Balaban J connectivity index is 2.23. The molecule has 104 valence electrons. The van der Waals surface area contributed by atoms with E-state index < -0.39 is 10.7 Å². The average molecular weight is 266 g/mol. The number of hydrogen-bond acceptors (Lipinski definition) is 3. The molecule has 1 aliphatic rings. The molecule has 0 heterocycles. The first-order chi connectivity index (χ1) is 8.97. The van der Waals surface area contributed by atoms with Crippen molar-refractivity contribution in [2.75, 3.05) is 11.4 Å². The minimum atomic E-state index is -0.542. The molecule has 5 heteroatoms. The van der Waals surface area contributed by atoms with Crippen molar-refractivity contribution in [2.24, 2.45) is 5.92 Å². The summed E-state index contributed by atoms with van der Waals surface area (Å²) in [6.45, 7) is 5.10. The highest BCUT2D eigenvalue weighted by Gasteiger charge is 2.30. The normalized spacial score (nSPS) is 14.7.